The summed E-state index contributed by atoms with van der Waals surface area (Å²) in [5, 5.41) is 0. The Bertz CT molecular complexity index is 184. The average Bonchev–Trinajstić information content (AvgIpc) is 2.48. The van der Waals surface area contributed by atoms with Gasteiger partial charge in [-0.25, -0.2) is 0 Å². The van der Waals surface area contributed by atoms with Gasteiger partial charge >= 0.3 is 8.80 Å². The lowest BCUT2D eigenvalue weighted by atomic mass is 10.2. The number of hydrogen-bond acceptors (Lipinski definition) is 4. The standard InChI is InChI=1S/C15H35NO3Si/c1-4-12-17-20(18-13-5-2,19-14-6-3)15-10-8-7-9-11-16/h4-16H2,1-3H3. The highest BCUT2D eigenvalue weighted by atomic mass is 28.4. The van der Waals surface area contributed by atoms with Crippen LogP contribution in [0.4, 0.5) is 0 Å². The van der Waals surface area contributed by atoms with Gasteiger partial charge in [0.05, 0.1) is 0 Å². The molecule has 0 rings (SSSR count). The Kier molecular flexibility index (Phi) is 14.1. The molecule has 0 fully saturated rings. The van der Waals surface area contributed by atoms with Crippen LogP contribution in [0, 0.1) is 0 Å². The molecular weight excluding hydrogens is 270 g/mol. The molecule has 2 N–H and O–H groups in total. The highest BCUT2D eigenvalue weighted by Gasteiger charge is 2.40. The van der Waals surface area contributed by atoms with E-state index in [0.717, 1.165) is 64.5 Å². The van der Waals surface area contributed by atoms with Gasteiger partial charge in [0.1, 0.15) is 0 Å². The third-order valence-corrected chi connectivity index (χ3v) is 5.91. The molecule has 4 nitrogen and oxygen atoms in total. The predicted octanol–water partition coefficient (Wildman–Crippen LogP) is 3.72. The van der Waals surface area contributed by atoms with Crippen LogP contribution in [0.5, 0.6) is 0 Å². The van der Waals surface area contributed by atoms with Crippen molar-refractivity contribution < 1.29 is 13.3 Å². The lowest BCUT2D eigenvalue weighted by Crippen LogP contribution is -2.46. The molecule has 0 aliphatic carbocycles. The van der Waals surface area contributed by atoms with Crippen LogP contribution in [0.1, 0.15) is 65.7 Å². The second-order valence-electron chi connectivity index (χ2n) is 5.18. The second kappa shape index (κ2) is 14.0. The summed E-state index contributed by atoms with van der Waals surface area (Å²) in [4.78, 5) is 0. The minimum Gasteiger partial charge on any atom is -0.373 e. The molecule has 0 aliphatic heterocycles. The first-order valence-electron chi connectivity index (χ1n) is 8.36. The summed E-state index contributed by atoms with van der Waals surface area (Å²) in [5.41, 5.74) is 5.53. The minimum atomic E-state index is -2.45. The van der Waals surface area contributed by atoms with E-state index < -0.39 is 8.80 Å². The lowest BCUT2D eigenvalue weighted by molar-refractivity contribution is 0.0586. The third-order valence-electron chi connectivity index (χ3n) is 3.02. The fourth-order valence-corrected chi connectivity index (χ4v) is 4.87. The van der Waals surface area contributed by atoms with E-state index >= 15 is 0 Å². The van der Waals surface area contributed by atoms with Gasteiger partial charge in [-0.15, -0.1) is 0 Å². The zero-order chi connectivity index (χ0) is 15.1. The van der Waals surface area contributed by atoms with Crippen molar-refractivity contribution in [1.29, 1.82) is 0 Å². The van der Waals surface area contributed by atoms with Crippen molar-refractivity contribution in [3.63, 3.8) is 0 Å². The van der Waals surface area contributed by atoms with Gasteiger partial charge in [-0.3, -0.25) is 0 Å². The monoisotopic (exact) mass is 305 g/mol. The lowest BCUT2D eigenvalue weighted by Gasteiger charge is -2.29. The Balaban J connectivity index is 4.34. The molecule has 0 unspecified atom stereocenters. The fourth-order valence-electron chi connectivity index (χ4n) is 1.95. The number of nitrogens with two attached hydrogens (primary N) is 1. The molecule has 0 spiro atoms. The number of hydrogen-bond donors (Lipinski definition) is 1. The highest BCUT2D eigenvalue weighted by molar-refractivity contribution is 6.60. The van der Waals surface area contributed by atoms with E-state index in [9.17, 15) is 0 Å². The van der Waals surface area contributed by atoms with Gasteiger partial charge in [0, 0.05) is 25.9 Å². The normalized spacial score (nSPS) is 12.0. The maximum Gasteiger partial charge on any atom is 0.500 e. The van der Waals surface area contributed by atoms with E-state index in [-0.39, 0.29) is 0 Å². The molecule has 0 aromatic rings. The Labute approximate surface area is 126 Å². The second-order valence-corrected chi connectivity index (χ2v) is 7.91. The van der Waals surface area contributed by atoms with Crippen LogP contribution in [-0.4, -0.2) is 35.2 Å². The van der Waals surface area contributed by atoms with Crippen molar-refractivity contribution in [2.45, 2.75) is 71.8 Å². The average molecular weight is 306 g/mol. The van der Waals surface area contributed by atoms with E-state index in [0.29, 0.717) is 0 Å². The first-order chi connectivity index (χ1) is 9.74. The molecule has 0 aliphatic rings. The first kappa shape index (κ1) is 20.1. The molecule has 0 radical (unpaired) electrons. The summed E-state index contributed by atoms with van der Waals surface area (Å²) in [6.07, 6.45) is 7.62. The van der Waals surface area contributed by atoms with Crippen LogP contribution in [0.2, 0.25) is 6.04 Å². The highest BCUT2D eigenvalue weighted by Crippen LogP contribution is 2.21. The molecule has 0 saturated carbocycles. The molecule has 122 valence electrons. The fraction of sp³-hybridized carbons (Fsp3) is 1.00. The van der Waals surface area contributed by atoms with Gasteiger partial charge in [-0.1, -0.05) is 33.6 Å². The zero-order valence-electron chi connectivity index (χ0n) is 13.8. The summed E-state index contributed by atoms with van der Waals surface area (Å²) in [6.45, 7) is 9.38. The maximum absolute atomic E-state index is 6.06. The molecule has 5 heteroatoms. The summed E-state index contributed by atoms with van der Waals surface area (Å²) >= 11 is 0. The topological polar surface area (TPSA) is 53.7 Å². The molecule has 0 aromatic heterocycles. The summed E-state index contributed by atoms with van der Waals surface area (Å²) in [5.74, 6) is 0. The SMILES string of the molecule is CCCO[Si](CCCCCCN)(OCCC)OCCC. The Morgan fingerprint density at radius 3 is 1.55 bits per heavy atom. The molecule has 0 bridgehead atoms. The Morgan fingerprint density at radius 1 is 0.700 bits per heavy atom. The van der Waals surface area contributed by atoms with E-state index in [1.54, 1.807) is 0 Å². The van der Waals surface area contributed by atoms with Crippen LogP contribution in [0.15, 0.2) is 0 Å². The van der Waals surface area contributed by atoms with Gasteiger partial charge in [0.15, 0.2) is 0 Å². The van der Waals surface area contributed by atoms with Gasteiger partial charge in [-0.05, 0) is 38.6 Å². The van der Waals surface area contributed by atoms with Crippen molar-refractivity contribution in [3.05, 3.63) is 0 Å². The van der Waals surface area contributed by atoms with Crippen molar-refractivity contribution in [1.82, 2.24) is 0 Å². The smallest absolute Gasteiger partial charge is 0.373 e. The Hall–Kier alpha value is 0.0569. The van der Waals surface area contributed by atoms with Crippen LogP contribution < -0.4 is 5.73 Å². The molecule has 0 amide bonds. The summed E-state index contributed by atoms with van der Waals surface area (Å²) in [6, 6.07) is 0.942. The summed E-state index contributed by atoms with van der Waals surface area (Å²) < 4.78 is 18.2. The predicted molar refractivity (Wildman–Crippen MR) is 86.8 cm³/mol. The van der Waals surface area contributed by atoms with Gasteiger partial charge in [-0.2, -0.15) is 0 Å². The van der Waals surface area contributed by atoms with Crippen LogP contribution in [0.25, 0.3) is 0 Å². The summed E-state index contributed by atoms with van der Waals surface area (Å²) in [7, 11) is -2.45. The number of unbranched alkanes of at least 4 members (excludes halogenated alkanes) is 3. The van der Waals surface area contributed by atoms with Crippen molar-refractivity contribution >= 4 is 8.80 Å². The van der Waals surface area contributed by atoms with Gasteiger partial charge in [0.25, 0.3) is 0 Å². The minimum absolute atomic E-state index is 0.739. The quantitative estimate of drug-likeness (QED) is 0.370. The molecule has 0 saturated heterocycles. The first-order valence-corrected chi connectivity index (χ1v) is 10.3. The van der Waals surface area contributed by atoms with Gasteiger partial charge < -0.3 is 19.0 Å². The van der Waals surface area contributed by atoms with Crippen molar-refractivity contribution in [2.75, 3.05) is 26.4 Å². The molecular formula is C15H35NO3Si. The number of rotatable bonds is 15. The van der Waals surface area contributed by atoms with Crippen molar-refractivity contribution in [3.8, 4) is 0 Å². The van der Waals surface area contributed by atoms with Gasteiger partial charge in [0.2, 0.25) is 0 Å². The van der Waals surface area contributed by atoms with E-state index in [2.05, 4.69) is 20.8 Å². The van der Waals surface area contributed by atoms with Crippen molar-refractivity contribution in [2.24, 2.45) is 5.73 Å². The largest absolute Gasteiger partial charge is 0.500 e. The zero-order valence-corrected chi connectivity index (χ0v) is 14.8. The molecule has 0 aromatic carbocycles. The van der Waals surface area contributed by atoms with E-state index in [1.165, 1.54) is 12.8 Å². The Morgan fingerprint density at radius 2 is 1.15 bits per heavy atom. The van der Waals surface area contributed by atoms with Crippen LogP contribution in [0.3, 0.4) is 0 Å². The van der Waals surface area contributed by atoms with Crippen LogP contribution in [-0.2, 0) is 13.3 Å². The van der Waals surface area contributed by atoms with E-state index in [4.69, 9.17) is 19.0 Å². The van der Waals surface area contributed by atoms with Crippen LogP contribution >= 0.6 is 0 Å². The molecule has 20 heavy (non-hydrogen) atoms. The molecule has 0 atom stereocenters. The molecule has 0 heterocycles. The van der Waals surface area contributed by atoms with E-state index in [1.807, 2.05) is 0 Å². The third kappa shape index (κ3) is 9.88. The maximum atomic E-state index is 6.06.